The lowest BCUT2D eigenvalue weighted by Gasteiger charge is -2.56. The zero-order valence-electron chi connectivity index (χ0n) is 18.2. The number of hydrogen-bond donors (Lipinski definition) is 0. The number of hydrogen-bond acceptors (Lipinski definition) is 4. The molecule has 4 aliphatic carbocycles. The largest absolute Gasteiger partial charge is 0.466 e. The number of fused-ring (bicyclic) bond motifs is 8. The van der Waals surface area contributed by atoms with Crippen molar-refractivity contribution in [3.05, 3.63) is 11.6 Å². The van der Waals surface area contributed by atoms with E-state index in [0.29, 0.717) is 48.6 Å². The Balaban J connectivity index is 1.32. The highest BCUT2D eigenvalue weighted by Crippen LogP contribution is 2.70. The van der Waals surface area contributed by atoms with Crippen LogP contribution in [0.15, 0.2) is 11.6 Å². The first-order valence-corrected chi connectivity index (χ1v) is 11.9. The fourth-order valence-electron chi connectivity index (χ4n) is 8.12. The van der Waals surface area contributed by atoms with Gasteiger partial charge in [-0.3, -0.25) is 9.59 Å². The molecule has 4 nitrogen and oxygen atoms in total. The zero-order chi connectivity index (χ0) is 20.4. The van der Waals surface area contributed by atoms with Gasteiger partial charge in [0.25, 0.3) is 0 Å². The Morgan fingerprint density at radius 3 is 2.83 bits per heavy atom. The second-order valence-electron chi connectivity index (χ2n) is 10.8. The minimum absolute atomic E-state index is 0.0449. The molecule has 5 rings (SSSR count). The maximum absolute atomic E-state index is 12.1. The third-order valence-corrected chi connectivity index (χ3v) is 9.66. The molecule has 0 N–H and O–H groups in total. The molecule has 3 unspecified atom stereocenters. The van der Waals surface area contributed by atoms with E-state index in [0.717, 1.165) is 31.1 Å². The molecule has 5 aliphatic rings. The topological polar surface area (TPSA) is 55.9 Å². The lowest BCUT2D eigenvalue weighted by Crippen LogP contribution is -2.53. The molecule has 29 heavy (non-hydrogen) atoms. The Morgan fingerprint density at radius 2 is 2.03 bits per heavy atom. The first kappa shape index (κ1) is 19.8. The molecule has 4 fully saturated rings. The van der Waals surface area contributed by atoms with Crippen molar-refractivity contribution in [3.8, 4) is 0 Å². The van der Waals surface area contributed by atoms with E-state index in [4.69, 9.17) is 9.47 Å². The summed E-state index contributed by atoms with van der Waals surface area (Å²) >= 11 is 0. The molecule has 4 heteroatoms. The Morgan fingerprint density at radius 1 is 1.21 bits per heavy atom. The summed E-state index contributed by atoms with van der Waals surface area (Å²) in [6, 6.07) is 0. The van der Waals surface area contributed by atoms with E-state index in [1.54, 1.807) is 0 Å². The van der Waals surface area contributed by atoms with E-state index in [1.165, 1.54) is 31.3 Å². The summed E-state index contributed by atoms with van der Waals surface area (Å²) in [5.74, 6) is 3.04. The maximum atomic E-state index is 12.1. The van der Waals surface area contributed by atoms with Crippen LogP contribution in [0.3, 0.4) is 0 Å². The van der Waals surface area contributed by atoms with Gasteiger partial charge in [-0.2, -0.15) is 0 Å². The van der Waals surface area contributed by atoms with Crippen LogP contribution in [-0.4, -0.2) is 30.6 Å². The second-order valence-corrected chi connectivity index (χ2v) is 10.8. The van der Waals surface area contributed by atoms with Crippen molar-refractivity contribution < 1.29 is 19.1 Å². The molecule has 8 atom stereocenters. The number of carbonyl (C=O) groups is 2. The van der Waals surface area contributed by atoms with Crippen molar-refractivity contribution in [1.82, 2.24) is 0 Å². The highest BCUT2D eigenvalue weighted by atomic mass is 16.6. The van der Waals surface area contributed by atoms with Crippen molar-refractivity contribution in [2.75, 3.05) is 6.61 Å². The Hall–Kier alpha value is -1.16. The molecule has 1 saturated heterocycles. The highest BCUT2D eigenvalue weighted by Gasteiger charge is 2.68. The quantitative estimate of drug-likeness (QED) is 0.489. The fraction of sp³-hybridized carbons (Fsp3) is 0.840. The number of esters is 1. The van der Waals surface area contributed by atoms with Crippen LogP contribution in [-0.2, 0) is 19.1 Å². The van der Waals surface area contributed by atoms with Crippen molar-refractivity contribution in [2.45, 2.75) is 90.8 Å². The van der Waals surface area contributed by atoms with Gasteiger partial charge in [-0.15, -0.1) is 0 Å². The minimum atomic E-state index is -0.0449. The van der Waals surface area contributed by atoms with E-state index < -0.39 is 0 Å². The average Bonchev–Trinajstić information content (AvgIpc) is 3.40. The monoisotopic (exact) mass is 400 g/mol. The van der Waals surface area contributed by atoms with Crippen molar-refractivity contribution >= 4 is 11.8 Å². The van der Waals surface area contributed by atoms with Gasteiger partial charge in [0, 0.05) is 12.8 Å². The van der Waals surface area contributed by atoms with Gasteiger partial charge < -0.3 is 9.47 Å². The van der Waals surface area contributed by atoms with Crippen LogP contribution in [0.5, 0.6) is 0 Å². The van der Waals surface area contributed by atoms with Gasteiger partial charge in [-0.05, 0) is 98.0 Å². The average molecular weight is 401 g/mol. The normalized spacial score (nSPS) is 47.4. The number of ether oxygens (including phenoxy) is 2. The number of rotatable bonds is 5. The Kier molecular flexibility index (Phi) is 4.73. The molecule has 0 spiro atoms. The van der Waals surface area contributed by atoms with Crippen LogP contribution < -0.4 is 0 Å². The van der Waals surface area contributed by atoms with E-state index >= 15 is 0 Å². The summed E-state index contributed by atoms with van der Waals surface area (Å²) in [5.41, 5.74) is 1.88. The first-order valence-electron chi connectivity index (χ1n) is 11.9. The molecule has 0 amide bonds. The summed E-state index contributed by atoms with van der Waals surface area (Å²) in [5, 5.41) is 0. The van der Waals surface area contributed by atoms with Crippen molar-refractivity contribution in [2.24, 2.45) is 34.5 Å². The summed E-state index contributed by atoms with van der Waals surface area (Å²) < 4.78 is 11.4. The van der Waals surface area contributed by atoms with E-state index in [9.17, 15) is 9.59 Å². The van der Waals surface area contributed by atoms with Gasteiger partial charge >= 0.3 is 5.97 Å². The third kappa shape index (κ3) is 2.96. The SMILES string of the molecule is CCOC(=O)CCC[C@H]1CCC2C3C(CC[C@@]21C)[C@@]1(C)CCC(=O)C=C1[C@@H]1O[C@H]31. The number of carbonyl (C=O) groups excluding carboxylic acids is 2. The molecule has 0 radical (unpaired) electrons. The van der Waals surface area contributed by atoms with Gasteiger partial charge in [0.2, 0.25) is 0 Å². The summed E-state index contributed by atoms with van der Waals surface area (Å²) in [4.78, 5) is 23.8. The van der Waals surface area contributed by atoms with Crippen LogP contribution in [0.1, 0.15) is 78.6 Å². The summed E-state index contributed by atoms with van der Waals surface area (Å²) in [7, 11) is 0. The van der Waals surface area contributed by atoms with E-state index in [-0.39, 0.29) is 17.5 Å². The van der Waals surface area contributed by atoms with Crippen LogP contribution in [0, 0.1) is 34.5 Å². The van der Waals surface area contributed by atoms with Crippen molar-refractivity contribution in [3.63, 3.8) is 0 Å². The molecule has 160 valence electrons. The lowest BCUT2D eigenvalue weighted by molar-refractivity contribution is -0.143. The number of epoxide rings is 1. The van der Waals surface area contributed by atoms with E-state index in [2.05, 4.69) is 13.8 Å². The molecule has 0 aromatic heterocycles. The number of ketones is 1. The molecule has 1 aliphatic heterocycles. The van der Waals surface area contributed by atoms with Crippen LogP contribution in [0.2, 0.25) is 0 Å². The van der Waals surface area contributed by atoms with Crippen LogP contribution in [0.4, 0.5) is 0 Å². The summed E-state index contributed by atoms with van der Waals surface area (Å²) in [6.07, 6.45) is 12.1. The van der Waals surface area contributed by atoms with E-state index in [1.807, 2.05) is 13.0 Å². The predicted octanol–water partition coefficient (Wildman–Crippen LogP) is 4.86. The fourth-order valence-corrected chi connectivity index (χ4v) is 8.12. The maximum Gasteiger partial charge on any atom is 0.305 e. The zero-order valence-corrected chi connectivity index (χ0v) is 18.2. The Labute approximate surface area is 174 Å². The van der Waals surface area contributed by atoms with Gasteiger partial charge in [0.15, 0.2) is 5.78 Å². The molecule has 3 saturated carbocycles. The van der Waals surface area contributed by atoms with Gasteiger partial charge in [-0.25, -0.2) is 0 Å². The molecular formula is C25H36O4. The third-order valence-electron chi connectivity index (χ3n) is 9.66. The molecule has 0 bridgehead atoms. The molecule has 0 aromatic carbocycles. The minimum Gasteiger partial charge on any atom is -0.466 e. The van der Waals surface area contributed by atoms with Gasteiger partial charge in [0.05, 0.1) is 12.7 Å². The highest BCUT2D eigenvalue weighted by molar-refractivity contribution is 5.92. The first-order chi connectivity index (χ1) is 13.9. The summed E-state index contributed by atoms with van der Waals surface area (Å²) in [6.45, 7) is 7.31. The molecular weight excluding hydrogens is 364 g/mol. The smallest absolute Gasteiger partial charge is 0.305 e. The van der Waals surface area contributed by atoms with Gasteiger partial charge in [-0.1, -0.05) is 13.8 Å². The predicted molar refractivity (Wildman–Crippen MR) is 110 cm³/mol. The van der Waals surface area contributed by atoms with Crippen LogP contribution in [0.25, 0.3) is 0 Å². The Bertz CT molecular complexity index is 741. The second kappa shape index (κ2) is 6.93. The lowest BCUT2D eigenvalue weighted by atomic mass is 9.46. The molecule has 1 heterocycles. The molecule has 0 aromatic rings. The van der Waals surface area contributed by atoms with Crippen molar-refractivity contribution in [1.29, 1.82) is 0 Å². The van der Waals surface area contributed by atoms with Crippen LogP contribution >= 0.6 is 0 Å². The standard InChI is InChI=1S/C25H36O4/c1-4-28-20(27)7-5-6-15-8-9-17-21-18(11-13-24(15,17)2)25(3)12-10-16(26)14-19(25)22-23(21)29-22/h14-15,17-18,21-23H,4-13H2,1-3H3/t15-,17?,18?,21?,22-,23+,24+,25+/m0/s1. The van der Waals surface area contributed by atoms with Gasteiger partial charge in [0.1, 0.15) is 6.10 Å².